The summed E-state index contributed by atoms with van der Waals surface area (Å²) in [6, 6.07) is 4.80. The van der Waals surface area contributed by atoms with Gasteiger partial charge in [-0.15, -0.1) is 0 Å². The number of nitrogens with zero attached hydrogens (tertiary/aromatic N) is 2. The Labute approximate surface area is 196 Å². The molecule has 0 radical (unpaired) electrons. The Balaban J connectivity index is 1.70. The molecule has 1 aliphatic heterocycles. The molecule has 2 aromatic rings. The number of pyridine rings is 1. The summed E-state index contributed by atoms with van der Waals surface area (Å²) in [7, 11) is -3.69. The first-order valence-electron chi connectivity index (χ1n) is 12.3. The van der Waals surface area contributed by atoms with E-state index in [9.17, 15) is 18.0 Å². The van der Waals surface area contributed by atoms with E-state index in [1.54, 1.807) is 18.3 Å². The van der Waals surface area contributed by atoms with E-state index in [0.717, 1.165) is 38.5 Å². The molecule has 1 saturated carbocycles. The SMILES string of the molecule is CCn1cc(C(=O)NC2CCCCCC2)c(=O)c2cc(S(=O)(=O)N3CCC(C)CC3)ccc21. The number of amides is 1. The number of aryl methyl sites for hydroxylation is 1. The summed E-state index contributed by atoms with van der Waals surface area (Å²) in [5, 5.41) is 3.33. The zero-order chi connectivity index (χ0) is 23.6. The zero-order valence-corrected chi connectivity index (χ0v) is 20.5. The number of piperidine rings is 1. The molecule has 8 heteroatoms. The van der Waals surface area contributed by atoms with Crippen LogP contribution in [0, 0.1) is 5.92 Å². The molecule has 1 N–H and O–H groups in total. The monoisotopic (exact) mass is 473 g/mol. The zero-order valence-electron chi connectivity index (χ0n) is 19.7. The van der Waals surface area contributed by atoms with Crippen LogP contribution in [-0.2, 0) is 16.6 Å². The van der Waals surface area contributed by atoms with Crippen molar-refractivity contribution in [3.63, 3.8) is 0 Å². The van der Waals surface area contributed by atoms with Crippen molar-refractivity contribution >= 4 is 26.8 Å². The second-order valence-corrected chi connectivity index (χ2v) is 11.5. The topological polar surface area (TPSA) is 88.5 Å². The summed E-state index contributed by atoms with van der Waals surface area (Å²) in [5.41, 5.74) is 0.305. The van der Waals surface area contributed by atoms with Crippen molar-refractivity contribution in [1.29, 1.82) is 0 Å². The second-order valence-electron chi connectivity index (χ2n) is 9.59. The van der Waals surface area contributed by atoms with Crippen molar-refractivity contribution < 1.29 is 13.2 Å². The number of hydrogen-bond donors (Lipinski definition) is 1. The highest BCUT2D eigenvalue weighted by atomic mass is 32.2. The van der Waals surface area contributed by atoms with Crippen LogP contribution in [0.1, 0.15) is 75.6 Å². The molecule has 1 saturated heterocycles. The maximum atomic E-state index is 13.4. The minimum absolute atomic E-state index is 0.0787. The Kier molecular flexibility index (Phi) is 7.24. The lowest BCUT2D eigenvalue weighted by molar-refractivity contribution is 0.0931. The molecule has 7 nitrogen and oxygen atoms in total. The fourth-order valence-corrected chi connectivity index (χ4v) is 6.52. The fourth-order valence-electron chi connectivity index (χ4n) is 5.02. The molecule has 33 heavy (non-hydrogen) atoms. The van der Waals surface area contributed by atoms with Gasteiger partial charge in [0, 0.05) is 37.3 Å². The van der Waals surface area contributed by atoms with Gasteiger partial charge in [0.05, 0.1) is 10.4 Å². The Hall–Kier alpha value is -2.19. The molecule has 0 bridgehead atoms. The Morgan fingerprint density at radius 3 is 2.36 bits per heavy atom. The van der Waals surface area contributed by atoms with Crippen LogP contribution in [0.15, 0.2) is 34.1 Å². The molecular weight excluding hydrogens is 438 g/mol. The molecule has 2 heterocycles. The van der Waals surface area contributed by atoms with Gasteiger partial charge in [-0.1, -0.05) is 32.6 Å². The van der Waals surface area contributed by atoms with Gasteiger partial charge in [0.2, 0.25) is 15.5 Å². The average molecular weight is 474 g/mol. The van der Waals surface area contributed by atoms with Crippen LogP contribution in [-0.4, -0.2) is 42.3 Å². The maximum absolute atomic E-state index is 13.4. The van der Waals surface area contributed by atoms with Gasteiger partial charge in [-0.2, -0.15) is 4.31 Å². The number of hydrogen-bond acceptors (Lipinski definition) is 4. The number of benzene rings is 1. The molecule has 1 amide bonds. The molecule has 180 valence electrons. The number of aromatic nitrogens is 1. The third-order valence-corrected chi connectivity index (χ3v) is 9.10. The molecule has 2 fully saturated rings. The van der Waals surface area contributed by atoms with E-state index in [-0.39, 0.29) is 27.8 Å². The molecule has 1 aliphatic carbocycles. The van der Waals surface area contributed by atoms with E-state index in [0.29, 0.717) is 31.1 Å². The first-order valence-corrected chi connectivity index (χ1v) is 13.7. The summed E-state index contributed by atoms with van der Waals surface area (Å²) >= 11 is 0. The van der Waals surface area contributed by atoms with Crippen LogP contribution in [0.4, 0.5) is 0 Å². The van der Waals surface area contributed by atoms with Gasteiger partial charge in [0.1, 0.15) is 5.56 Å². The van der Waals surface area contributed by atoms with Crippen molar-refractivity contribution in [1.82, 2.24) is 14.2 Å². The third-order valence-electron chi connectivity index (χ3n) is 7.21. The largest absolute Gasteiger partial charge is 0.349 e. The van der Waals surface area contributed by atoms with Crippen molar-refractivity contribution in [2.24, 2.45) is 5.92 Å². The summed E-state index contributed by atoms with van der Waals surface area (Å²) in [4.78, 5) is 26.5. The van der Waals surface area contributed by atoms with Gasteiger partial charge in [0.25, 0.3) is 5.91 Å². The number of sulfonamides is 1. The predicted molar refractivity (Wildman–Crippen MR) is 130 cm³/mol. The second kappa shape index (κ2) is 9.97. The quantitative estimate of drug-likeness (QED) is 0.667. The van der Waals surface area contributed by atoms with E-state index in [1.165, 1.54) is 23.2 Å². The highest BCUT2D eigenvalue weighted by Crippen LogP contribution is 2.25. The van der Waals surface area contributed by atoms with Gasteiger partial charge in [-0.25, -0.2) is 8.42 Å². The Morgan fingerprint density at radius 2 is 1.73 bits per heavy atom. The minimum Gasteiger partial charge on any atom is -0.349 e. The van der Waals surface area contributed by atoms with Crippen molar-refractivity contribution in [3.05, 3.63) is 40.2 Å². The molecule has 0 spiro atoms. The van der Waals surface area contributed by atoms with Crippen LogP contribution in [0.3, 0.4) is 0 Å². The molecule has 4 rings (SSSR count). The summed E-state index contributed by atoms with van der Waals surface area (Å²) in [6.07, 6.45) is 9.65. The average Bonchev–Trinajstić information content (AvgIpc) is 3.08. The molecule has 1 aromatic heterocycles. The number of nitrogens with one attached hydrogen (secondary N) is 1. The molecule has 1 aromatic carbocycles. The maximum Gasteiger partial charge on any atom is 0.256 e. The first-order chi connectivity index (χ1) is 15.8. The van der Waals surface area contributed by atoms with E-state index >= 15 is 0 Å². The van der Waals surface area contributed by atoms with Gasteiger partial charge in [-0.3, -0.25) is 9.59 Å². The van der Waals surface area contributed by atoms with Gasteiger partial charge < -0.3 is 9.88 Å². The lowest BCUT2D eigenvalue weighted by Crippen LogP contribution is -2.38. The number of fused-ring (bicyclic) bond motifs is 1. The number of rotatable bonds is 5. The third kappa shape index (κ3) is 5.01. The summed E-state index contributed by atoms with van der Waals surface area (Å²) < 4.78 is 29.9. The van der Waals surface area contributed by atoms with Gasteiger partial charge in [0.15, 0.2) is 0 Å². The van der Waals surface area contributed by atoms with Crippen LogP contribution in [0.2, 0.25) is 0 Å². The van der Waals surface area contributed by atoms with Crippen molar-refractivity contribution in [2.75, 3.05) is 13.1 Å². The van der Waals surface area contributed by atoms with E-state index < -0.39 is 15.5 Å². The van der Waals surface area contributed by atoms with E-state index in [2.05, 4.69) is 12.2 Å². The van der Waals surface area contributed by atoms with Crippen molar-refractivity contribution in [2.45, 2.75) is 82.7 Å². The lowest BCUT2D eigenvalue weighted by atomic mass is 10.0. The lowest BCUT2D eigenvalue weighted by Gasteiger charge is -2.29. The fraction of sp³-hybridized carbons (Fsp3) is 0.600. The standard InChI is InChI=1S/C25H35N3O4S/c1-3-27-17-22(25(30)26-19-8-6-4-5-7-9-19)24(29)21-16-20(10-11-23(21)27)33(31,32)28-14-12-18(2)13-15-28/h10-11,16-19H,3-9,12-15H2,1-2H3,(H,26,30). The predicted octanol–water partition coefficient (Wildman–Crippen LogP) is 3.89. The molecule has 2 aliphatic rings. The van der Waals surface area contributed by atoms with Crippen LogP contribution in [0.5, 0.6) is 0 Å². The van der Waals surface area contributed by atoms with Gasteiger partial charge >= 0.3 is 0 Å². The summed E-state index contributed by atoms with van der Waals surface area (Å²) in [5.74, 6) is 0.147. The van der Waals surface area contributed by atoms with E-state index in [4.69, 9.17) is 0 Å². The minimum atomic E-state index is -3.69. The smallest absolute Gasteiger partial charge is 0.256 e. The Bertz CT molecular complexity index is 1170. The molecule has 0 unspecified atom stereocenters. The normalized spacial score (nSPS) is 19.5. The number of carbonyl (C=O) groups excluding carboxylic acids is 1. The first kappa shape index (κ1) is 24.0. The molecular formula is C25H35N3O4S. The molecule has 0 atom stereocenters. The highest BCUT2D eigenvalue weighted by molar-refractivity contribution is 7.89. The Morgan fingerprint density at radius 1 is 1.06 bits per heavy atom. The van der Waals surface area contributed by atoms with E-state index in [1.807, 2.05) is 11.5 Å². The highest BCUT2D eigenvalue weighted by Gasteiger charge is 2.29. The van der Waals surface area contributed by atoms with Crippen LogP contribution < -0.4 is 10.7 Å². The number of carbonyl (C=O) groups is 1. The van der Waals surface area contributed by atoms with Crippen molar-refractivity contribution in [3.8, 4) is 0 Å². The van der Waals surface area contributed by atoms with Crippen LogP contribution >= 0.6 is 0 Å². The van der Waals surface area contributed by atoms with Crippen LogP contribution in [0.25, 0.3) is 10.9 Å². The summed E-state index contributed by atoms with van der Waals surface area (Å²) in [6.45, 7) is 5.62. The van der Waals surface area contributed by atoms with Gasteiger partial charge in [-0.05, 0) is 56.7 Å².